The molecule has 3 heteroatoms. The second-order valence-corrected chi connectivity index (χ2v) is 15.8. The fourth-order valence-corrected chi connectivity index (χ4v) is 9.43. The number of halogens is 1. The van der Waals surface area contributed by atoms with Crippen LogP contribution in [0, 0.1) is 41.5 Å². The van der Waals surface area contributed by atoms with Gasteiger partial charge < -0.3 is 0 Å². The van der Waals surface area contributed by atoms with Crippen molar-refractivity contribution in [1.29, 1.82) is 0 Å². The number of aryl methyl sites for hydroxylation is 6. The van der Waals surface area contributed by atoms with Crippen LogP contribution in [0.25, 0.3) is 44.5 Å². The van der Waals surface area contributed by atoms with E-state index < -0.39 is 6.49 Å². The van der Waals surface area contributed by atoms with Gasteiger partial charge in [-0.25, -0.2) is 0 Å². The van der Waals surface area contributed by atoms with Crippen molar-refractivity contribution in [3.8, 4) is 44.5 Å². The smallest absolute Gasteiger partial charge is 0.228 e. The summed E-state index contributed by atoms with van der Waals surface area (Å²) in [7, 11) is 0. The molecule has 0 spiro atoms. The van der Waals surface area contributed by atoms with Crippen LogP contribution in [0.2, 0.25) is 0 Å². The highest BCUT2D eigenvalue weighted by Gasteiger charge is 2.36. The van der Waals surface area contributed by atoms with Gasteiger partial charge in [0.05, 0.1) is 0 Å². The van der Waals surface area contributed by atoms with Crippen molar-refractivity contribution in [2.24, 2.45) is 0 Å². The lowest BCUT2D eigenvalue weighted by Gasteiger charge is -2.26. The molecule has 0 N–H and O–H groups in total. The van der Waals surface area contributed by atoms with Gasteiger partial charge in [0.15, 0.2) is 0 Å². The van der Waals surface area contributed by atoms with Gasteiger partial charge in [0, 0.05) is 10.6 Å². The highest BCUT2D eigenvalue weighted by molar-refractivity contribution is 8.01. The molecule has 0 heterocycles. The van der Waals surface area contributed by atoms with Crippen LogP contribution in [-0.4, -0.2) is 0 Å². The zero-order valence-electron chi connectivity index (χ0n) is 26.8. The zero-order chi connectivity index (χ0) is 31.9. The summed E-state index contributed by atoms with van der Waals surface area (Å²) in [5, 5.41) is 1.35. The molecule has 0 aliphatic rings. The summed E-state index contributed by atoms with van der Waals surface area (Å²) in [6.07, 6.45) is 0. The van der Waals surface area contributed by atoms with E-state index in [4.69, 9.17) is 11.2 Å². The van der Waals surface area contributed by atoms with E-state index in [-0.39, 0.29) is 0 Å². The van der Waals surface area contributed by atoms with Crippen LogP contribution in [0.1, 0.15) is 33.4 Å². The number of rotatable bonds is 6. The van der Waals surface area contributed by atoms with E-state index in [0.29, 0.717) is 10.6 Å². The highest BCUT2D eigenvalue weighted by Crippen LogP contribution is 2.57. The molecule has 0 fully saturated rings. The highest BCUT2D eigenvalue weighted by atomic mass is 35.7. The molecule has 1 nitrogen and oxygen atoms in total. The predicted octanol–water partition coefficient (Wildman–Crippen LogP) is 11.7. The molecule has 6 rings (SSSR count). The molecule has 6 aromatic carbocycles. The van der Waals surface area contributed by atoms with Crippen LogP contribution in [-0.2, 0) is 4.57 Å². The fraction of sp³-hybridized carbons (Fsp3) is 0.143. The van der Waals surface area contributed by atoms with E-state index in [1.165, 1.54) is 22.3 Å². The maximum atomic E-state index is 16.0. The maximum Gasteiger partial charge on any atom is 0.228 e. The number of hydrogen-bond acceptors (Lipinski definition) is 1. The van der Waals surface area contributed by atoms with Crippen molar-refractivity contribution in [2.45, 2.75) is 41.5 Å². The van der Waals surface area contributed by atoms with Gasteiger partial charge in [0.25, 0.3) is 0 Å². The summed E-state index contributed by atoms with van der Waals surface area (Å²) in [6, 6.07) is 42.3. The Bertz CT molecular complexity index is 1770. The first-order chi connectivity index (χ1) is 21.5. The van der Waals surface area contributed by atoms with E-state index in [0.717, 1.165) is 55.6 Å². The number of hydrogen-bond donors (Lipinski definition) is 0. The Hall–Kier alpha value is -4.16. The second kappa shape index (κ2) is 12.3. The fourth-order valence-electron chi connectivity index (χ4n) is 6.10. The van der Waals surface area contributed by atoms with Crippen molar-refractivity contribution in [2.75, 3.05) is 0 Å². The molecule has 0 aliphatic heterocycles. The van der Waals surface area contributed by atoms with Crippen molar-refractivity contribution in [3.63, 3.8) is 0 Å². The van der Waals surface area contributed by atoms with Crippen LogP contribution in [0.4, 0.5) is 0 Å². The summed E-state index contributed by atoms with van der Waals surface area (Å²) >= 11 is 7.79. The van der Waals surface area contributed by atoms with Crippen LogP contribution >= 0.6 is 17.7 Å². The lowest BCUT2D eigenvalue weighted by atomic mass is 9.95. The van der Waals surface area contributed by atoms with Crippen LogP contribution in [0.15, 0.2) is 121 Å². The second-order valence-electron chi connectivity index (χ2n) is 12.4. The van der Waals surface area contributed by atoms with E-state index in [9.17, 15) is 0 Å². The molecule has 0 atom stereocenters. The Morgan fingerprint density at radius 1 is 0.356 bits per heavy atom. The Balaban J connectivity index is 1.76. The molecule has 0 unspecified atom stereocenters. The van der Waals surface area contributed by atoms with Crippen molar-refractivity contribution in [1.82, 2.24) is 0 Å². The SMILES string of the molecule is Cc1ccc(-c2cc(C)cc(-c3ccc(C)cc3)c2P(=O)(Cl)c2c(-c3ccc(C)cc3)cc(C)cc2-c2ccc(C)cc2)cc1. The van der Waals surface area contributed by atoms with E-state index in [2.05, 4.69) is 163 Å². The molecule has 224 valence electrons. The third-order valence-corrected chi connectivity index (χ3v) is 11.7. The van der Waals surface area contributed by atoms with Gasteiger partial charge in [-0.15, -0.1) is 0 Å². The first kappa shape index (κ1) is 30.8. The summed E-state index contributed by atoms with van der Waals surface area (Å²) in [5.41, 5.74) is 14.4. The van der Waals surface area contributed by atoms with Gasteiger partial charge in [-0.1, -0.05) is 144 Å². The van der Waals surface area contributed by atoms with Gasteiger partial charge in [-0.05, 0) is 108 Å². The molecule has 45 heavy (non-hydrogen) atoms. The van der Waals surface area contributed by atoms with Gasteiger partial charge in [0.2, 0.25) is 6.49 Å². The third-order valence-electron chi connectivity index (χ3n) is 8.53. The predicted molar refractivity (Wildman–Crippen MR) is 196 cm³/mol. The van der Waals surface area contributed by atoms with Crippen molar-refractivity contribution < 1.29 is 4.57 Å². The first-order valence-corrected chi connectivity index (χ1v) is 18.0. The summed E-state index contributed by atoms with van der Waals surface area (Å²) < 4.78 is 16.0. The molecule has 0 radical (unpaired) electrons. The lowest BCUT2D eigenvalue weighted by molar-refractivity contribution is 0.595. The zero-order valence-corrected chi connectivity index (χ0v) is 28.4. The molecule has 0 aliphatic carbocycles. The average molecular weight is 625 g/mol. The summed E-state index contributed by atoms with van der Waals surface area (Å²) in [4.78, 5) is 0. The number of benzene rings is 6. The first-order valence-electron chi connectivity index (χ1n) is 15.4. The molecule has 0 saturated heterocycles. The van der Waals surface area contributed by atoms with Crippen LogP contribution < -0.4 is 10.6 Å². The van der Waals surface area contributed by atoms with Gasteiger partial charge >= 0.3 is 0 Å². The summed E-state index contributed by atoms with van der Waals surface area (Å²) in [6.45, 7) is 8.70. The van der Waals surface area contributed by atoms with E-state index >= 15 is 4.57 Å². The topological polar surface area (TPSA) is 17.1 Å². The monoisotopic (exact) mass is 624 g/mol. The average Bonchev–Trinajstić information content (AvgIpc) is 3.01. The molecular weight excluding hydrogens is 587 g/mol. The molecular formula is C42H38ClOP. The minimum atomic E-state index is -3.82. The van der Waals surface area contributed by atoms with Crippen LogP contribution in [0.3, 0.4) is 0 Å². The quantitative estimate of drug-likeness (QED) is 0.168. The minimum absolute atomic E-state index is 0.674. The van der Waals surface area contributed by atoms with Gasteiger partial charge in [-0.2, -0.15) is 0 Å². The normalized spacial score (nSPS) is 11.5. The molecule has 0 aromatic heterocycles. The Morgan fingerprint density at radius 3 is 0.756 bits per heavy atom. The van der Waals surface area contributed by atoms with Crippen LogP contribution in [0.5, 0.6) is 0 Å². The molecule has 0 bridgehead atoms. The van der Waals surface area contributed by atoms with E-state index in [1.807, 2.05) is 0 Å². The molecule has 0 amide bonds. The maximum absolute atomic E-state index is 16.0. The van der Waals surface area contributed by atoms with E-state index in [1.54, 1.807) is 0 Å². The third kappa shape index (κ3) is 6.21. The van der Waals surface area contributed by atoms with Gasteiger partial charge in [-0.3, -0.25) is 4.57 Å². The lowest BCUT2D eigenvalue weighted by Crippen LogP contribution is -2.21. The van der Waals surface area contributed by atoms with Crippen molar-refractivity contribution in [3.05, 3.63) is 155 Å². The minimum Gasteiger partial charge on any atom is -0.296 e. The Morgan fingerprint density at radius 2 is 0.556 bits per heavy atom. The molecule has 0 saturated carbocycles. The largest absolute Gasteiger partial charge is 0.296 e. The van der Waals surface area contributed by atoms with Gasteiger partial charge in [0.1, 0.15) is 0 Å². The standard InChI is InChI=1S/C42H38ClOP/c1-27-7-15-33(16-8-27)37-23-31(5)24-38(34-17-9-28(2)10-18-34)41(37)45(43,44)42-39(35-19-11-29(3)12-20-35)25-32(6)26-40(42)36-21-13-30(4)14-22-36/h7-26H,1-6H3. The summed E-state index contributed by atoms with van der Waals surface area (Å²) in [5.74, 6) is 0. The van der Waals surface area contributed by atoms with Crippen molar-refractivity contribution >= 4 is 28.3 Å². The Kier molecular flexibility index (Phi) is 8.45. The molecule has 6 aromatic rings. The Labute approximate surface area is 272 Å².